The van der Waals surface area contributed by atoms with Crippen molar-refractivity contribution in [1.82, 2.24) is 24.6 Å². The first-order valence-corrected chi connectivity index (χ1v) is 10.6. The third-order valence-corrected chi connectivity index (χ3v) is 5.79. The van der Waals surface area contributed by atoms with Crippen molar-refractivity contribution in [3.8, 4) is 5.69 Å². The maximum Gasteiger partial charge on any atom is 0.270 e. The molecule has 9 heteroatoms. The second-order valence-electron chi connectivity index (χ2n) is 7.89. The van der Waals surface area contributed by atoms with E-state index in [9.17, 15) is 19.2 Å². The molecular weight excluding hydrogens is 422 g/mol. The van der Waals surface area contributed by atoms with Crippen LogP contribution in [0.5, 0.6) is 0 Å². The van der Waals surface area contributed by atoms with E-state index in [1.807, 2.05) is 30.3 Å². The average Bonchev–Trinajstić information content (AvgIpc) is 3.29. The molecule has 3 heterocycles. The van der Waals surface area contributed by atoms with E-state index < -0.39 is 11.1 Å². The number of hydrogen-bond donors (Lipinski definition) is 2. The number of carbonyl (C=O) groups excluding carboxylic acids is 2. The number of amides is 2. The van der Waals surface area contributed by atoms with E-state index in [0.717, 1.165) is 21.7 Å². The quantitative estimate of drug-likeness (QED) is 0.501. The van der Waals surface area contributed by atoms with Crippen molar-refractivity contribution in [1.29, 1.82) is 0 Å². The number of nitrogens with zero attached hydrogens (tertiary/aromatic N) is 3. The van der Waals surface area contributed by atoms with Gasteiger partial charge in [0.2, 0.25) is 0 Å². The Labute approximate surface area is 187 Å². The van der Waals surface area contributed by atoms with Gasteiger partial charge >= 0.3 is 0 Å². The highest BCUT2D eigenvalue weighted by atomic mass is 16.2. The number of benzene rings is 2. The average molecular weight is 443 g/mol. The number of piperazine rings is 1. The molecule has 0 aliphatic carbocycles. The summed E-state index contributed by atoms with van der Waals surface area (Å²) >= 11 is 0. The molecule has 0 unspecified atom stereocenters. The first-order chi connectivity index (χ1) is 16.0. The number of carbonyl (C=O) groups is 2. The summed E-state index contributed by atoms with van der Waals surface area (Å²) in [5.74, 6) is -0.284. The van der Waals surface area contributed by atoms with Crippen LogP contribution in [0.2, 0.25) is 0 Å². The summed E-state index contributed by atoms with van der Waals surface area (Å²) in [5, 5.41) is 3.44. The number of rotatable bonds is 3. The van der Waals surface area contributed by atoms with Crippen molar-refractivity contribution < 1.29 is 9.59 Å². The van der Waals surface area contributed by atoms with Crippen molar-refractivity contribution in [3.05, 3.63) is 98.7 Å². The van der Waals surface area contributed by atoms with Gasteiger partial charge in [-0.15, -0.1) is 0 Å². The lowest BCUT2D eigenvalue weighted by molar-refractivity contribution is 0.0533. The molecule has 166 valence electrons. The minimum atomic E-state index is -0.415. The molecule has 4 aromatic rings. The van der Waals surface area contributed by atoms with Crippen LogP contribution in [0.1, 0.15) is 20.8 Å². The van der Waals surface area contributed by atoms with Gasteiger partial charge < -0.3 is 14.8 Å². The van der Waals surface area contributed by atoms with Crippen LogP contribution >= 0.6 is 0 Å². The molecule has 0 spiro atoms. The minimum Gasteiger partial charge on any atom is -0.351 e. The highest BCUT2D eigenvalue weighted by molar-refractivity contribution is 5.98. The van der Waals surface area contributed by atoms with E-state index in [1.54, 1.807) is 34.1 Å². The summed E-state index contributed by atoms with van der Waals surface area (Å²) in [6.45, 7) is 1.64. The van der Waals surface area contributed by atoms with Crippen molar-refractivity contribution >= 4 is 22.7 Å². The molecule has 1 aliphatic rings. The maximum atomic E-state index is 13.1. The number of aromatic nitrogens is 3. The lowest BCUT2D eigenvalue weighted by atomic mass is 10.1. The number of fused-ring (bicyclic) bond motifs is 1. The van der Waals surface area contributed by atoms with Crippen LogP contribution in [0.3, 0.4) is 0 Å². The zero-order valence-electron chi connectivity index (χ0n) is 17.7. The highest BCUT2D eigenvalue weighted by Crippen LogP contribution is 2.18. The summed E-state index contributed by atoms with van der Waals surface area (Å²) < 4.78 is 1.11. The van der Waals surface area contributed by atoms with Gasteiger partial charge in [-0.3, -0.25) is 24.3 Å². The van der Waals surface area contributed by atoms with Crippen LogP contribution in [-0.4, -0.2) is 62.6 Å². The zero-order valence-corrected chi connectivity index (χ0v) is 17.7. The molecule has 33 heavy (non-hydrogen) atoms. The van der Waals surface area contributed by atoms with Gasteiger partial charge in [-0.25, -0.2) is 4.68 Å². The normalized spacial score (nSPS) is 13.9. The Morgan fingerprint density at radius 1 is 0.758 bits per heavy atom. The molecule has 2 N–H and O–H groups in total. The zero-order chi connectivity index (χ0) is 22.9. The Kier molecular flexibility index (Phi) is 5.14. The molecule has 2 aromatic carbocycles. The monoisotopic (exact) mass is 443 g/mol. The van der Waals surface area contributed by atoms with Crippen LogP contribution < -0.4 is 11.1 Å². The molecule has 1 saturated heterocycles. The number of H-pyrrole nitrogens is 2. The predicted molar refractivity (Wildman–Crippen MR) is 123 cm³/mol. The Bertz CT molecular complexity index is 1440. The smallest absolute Gasteiger partial charge is 0.270 e. The van der Waals surface area contributed by atoms with Gasteiger partial charge in [0.05, 0.1) is 5.69 Å². The van der Waals surface area contributed by atoms with Gasteiger partial charge in [0.25, 0.3) is 22.9 Å². The fraction of sp³-hybridized carbons (Fsp3) is 0.167. The Hall–Kier alpha value is -4.40. The molecule has 0 bridgehead atoms. The molecule has 0 saturated carbocycles. The SMILES string of the molecule is O=C(c1cccc(-n2[nH]c(=O)ccc2=O)c1)N1CCN(C(=O)c2cc3ccccc3[nH]2)CC1. The number of aromatic amines is 2. The third-order valence-electron chi connectivity index (χ3n) is 5.79. The summed E-state index contributed by atoms with van der Waals surface area (Å²) in [6.07, 6.45) is 0. The first-order valence-electron chi connectivity index (χ1n) is 10.6. The lowest BCUT2D eigenvalue weighted by Gasteiger charge is -2.34. The van der Waals surface area contributed by atoms with Crippen LogP contribution in [0, 0.1) is 0 Å². The first kappa shape index (κ1) is 20.5. The summed E-state index contributed by atoms with van der Waals surface area (Å²) in [6, 6.07) is 18.4. The van der Waals surface area contributed by atoms with E-state index >= 15 is 0 Å². The van der Waals surface area contributed by atoms with Crippen LogP contribution in [0.15, 0.2) is 76.3 Å². The molecule has 2 amide bonds. The molecule has 1 fully saturated rings. The molecule has 2 aromatic heterocycles. The topological polar surface area (TPSA) is 111 Å². The molecular formula is C24H21N5O4. The Balaban J connectivity index is 1.29. The molecule has 0 atom stereocenters. The van der Waals surface area contributed by atoms with Gasteiger partial charge in [-0.05, 0) is 30.3 Å². The number of para-hydroxylation sites is 1. The Morgan fingerprint density at radius 2 is 1.48 bits per heavy atom. The molecule has 9 nitrogen and oxygen atoms in total. The van der Waals surface area contributed by atoms with Crippen molar-refractivity contribution in [2.24, 2.45) is 0 Å². The number of nitrogens with one attached hydrogen (secondary N) is 2. The highest BCUT2D eigenvalue weighted by Gasteiger charge is 2.26. The second-order valence-corrected chi connectivity index (χ2v) is 7.89. The van der Waals surface area contributed by atoms with E-state index in [2.05, 4.69) is 10.1 Å². The largest absolute Gasteiger partial charge is 0.351 e. The van der Waals surface area contributed by atoms with Gasteiger partial charge in [0, 0.05) is 54.8 Å². The lowest BCUT2D eigenvalue weighted by Crippen LogP contribution is -2.50. The Morgan fingerprint density at radius 3 is 2.24 bits per heavy atom. The van der Waals surface area contributed by atoms with Crippen molar-refractivity contribution in [3.63, 3.8) is 0 Å². The summed E-state index contributed by atoms with van der Waals surface area (Å²) in [7, 11) is 0. The standard InChI is InChI=1S/C24H21N5O4/c30-21-8-9-22(31)29(26-21)18-6-3-5-17(14-18)23(32)27-10-12-28(13-11-27)24(33)20-15-16-4-1-2-7-19(16)25-20/h1-9,14-15,25H,10-13H2,(H,26,30). The van der Waals surface area contributed by atoms with Crippen molar-refractivity contribution in [2.45, 2.75) is 0 Å². The van der Waals surface area contributed by atoms with Gasteiger partial charge in [0.1, 0.15) is 5.69 Å². The summed E-state index contributed by atoms with van der Waals surface area (Å²) in [4.78, 5) is 56.2. The number of hydrogen-bond acceptors (Lipinski definition) is 4. The minimum absolute atomic E-state index is 0.0901. The predicted octanol–water partition coefficient (Wildman–Crippen LogP) is 1.61. The van der Waals surface area contributed by atoms with E-state index in [1.165, 1.54) is 6.07 Å². The van der Waals surface area contributed by atoms with Crippen LogP contribution in [0.4, 0.5) is 0 Å². The van der Waals surface area contributed by atoms with E-state index in [-0.39, 0.29) is 11.8 Å². The fourth-order valence-corrected chi connectivity index (χ4v) is 4.05. The molecule has 5 rings (SSSR count). The van der Waals surface area contributed by atoms with E-state index in [0.29, 0.717) is 43.1 Å². The fourth-order valence-electron chi connectivity index (χ4n) is 4.05. The second kappa shape index (κ2) is 8.27. The molecule has 0 radical (unpaired) electrons. The maximum absolute atomic E-state index is 13.1. The van der Waals surface area contributed by atoms with Gasteiger partial charge in [0.15, 0.2) is 0 Å². The van der Waals surface area contributed by atoms with Crippen LogP contribution in [-0.2, 0) is 0 Å². The van der Waals surface area contributed by atoms with Gasteiger partial charge in [-0.1, -0.05) is 24.3 Å². The molecule has 1 aliphatic heterocycles. The third kappa shape index (κ3) is 3.96. The summed E-state index contributed by atoms with van der Waals surface area (Å²) in [5.41, 5.74) is 1.43. The van der Waals surface area contributed by atoms with Gasteiger partial charge in [-0.2, -0.15) is 0 Å². The van der Waals surface area contributed by atoms with Crippen molar-refractivity contribution in [2.75, 3.05) is 26.2 Å². The van der Waals surface area contributed by atoms with Crippen LogP contribution in [0.25, 0.3) is 16.6 Å². The van der Waals surface area contributed by atoms with E-state index in [4.69, 9.17) is 0 Å².